The van der Waals surface area contributed by atoms with Crippen molar-refractivity contribution in [3.63, 3.8) is 0 Å². The third kappa shape index (κ3) is 1.68. The van der Waals surface area contributed by atoms with Crippen molar-refractivity contribution < 1.29 is 9.53 Å². The van der Waals surface area contributed by atoms with Crippen LogP contribution in [0.1, 0.15) is 10.5 Å². The van der Waals surface area contributed by atoms with Crippen molar-refractivity contribution >= 4 is 23.0 Å². The Balaban J connectivity index is 2.41. The van der Waals surface area contributed by atoms with E-state index in [1.54, 1.807) is 6.20 Å². The van der Waals surface area contributed by atoms with E-state index < -0.39 is 5.97 Å². The summed E-state index contributed by atoms with van der Waals surface area (Å²) in [5.41, 5.74) is 6.00. The third-order valence-corrected chi connectivity index (χ3v) is 2.50. The Hall–Kier alpha value is -1.89. The van der Waals surface area contributed by atoms with Gasteiger partial charge in [0.2, 0.25) is 5.13 Å². The lowest BCUT2D eigenvalue weighted by Crippen LogP contribution is -2.05. The standard InChI is InChI=1S/C8H8N4O2S/c1-14-7(13)6-5(9)4-12(11-6)8-10-2-3-15-8/h2-4H,9H2,1H3. The lowest BCUT2D eigenvalue weighted by atomic mass is 10.4. The molecule has 2 heterocycles. The maximum atomic E-state index is 11.2. The molecule has 2 rings (SSSR count). The Labute approximate surface area is 89.3 Å². The number of rotatable bonds is 2. The van der Waals surface area contributed by atoms with Crippen molar-refractivity contribution in [3.05, 3.63) is 23.5 Å². The van der Waals surface area contributed by atoms with Crippen LogP contribution in [0.4, 0.5) is 5.69 Å². The fourth-order valence-electron chi connectivity index (χ4n) is 1.07. The summed E-state index contributed by atoms with van der Waals surface area (Å²) in [4.78, 5) is 15.3. The van der Waals surface area contributed by atoms with Crippen LogP contribution in [0.5, 0.6) is 0 Å². The summed E-state index contributed by atoms with van der Waals surface area (Å²) in [6.45, 7) is 0. The number of anilines is 1. The molecule has 78 valence electrons. The molecular formula is C8H8N4O2S. The second kappa shape index (κ2) is 3.70. The molecule has 6 nitrogen and oxygen atoms in total. The fourth-order valence-corrected chi connectivity index (χ4v) is 1.64. The van der Waals surface area contributed by atoms with Crippen LogP contribution in [0.15, 0.2) is 17.8 Å². The molecule has 2 aromatic rings. The highest BCUT2D eigenvalue weighted by molar-refractivity contribution is 7.12. The lowest BCUT2D eigenvalue weighted by molar-refractivity contribution is 0.0594. The van der Waals surface area contributed by atoms with Crippen LogP contribution >= 0.6 is 11.3 Å². The number of esters is 1. The Morgan fingerprint density at radius 1 is 1.67 bits per heavy atom. The first-order chi connectivity index (χ1) is 7.22. The molecule has 0 aliphatic carbocycles. The van der Waals surface area contributed by atoms with Gasteiger partial charge in [-0.1, -0.05) is 0 Å². The molecule has 2 aromatic heterocycles. The number of ether oxygens (including phenoxy) is 1. The minimum atomic E-state index is -0.553. The number of hydrogen-bond donors (Lipinski definition) is 1. The normalized spacial score (nSPS) is 10.2. The number of nitrogen functional groups attached to an aromatic ring is 1. The van der Waals surface area contributed by atoms with E-state index in [2.05, 4.69) is 14.8 Å². The van der Waals surface area contributed by atoms with Crippen molar-refractivity contribution in [2.75, 3.05) is 12.8 Å². The van der Waals surface area contributed by atoms with Gasteiger partial charge in [-0.2, -0.15) is 5.10 Å². The van der Waals surface area contributed by atoms with Crippen molar-refractivity contribution in [2.45, 2.75) is 0 Å². The minimum absolute atomic E-state index is 0.104. The van der Waals surface area contributed by atoms with Gasteiger partial charge in [0.05, 0.1) is 19.0 Å². The molecule has 0 fully saturated rings. The Morgan fingerprint density at radius 2 is 2.47 bits per heavy atom. The number of nitrogens with two attached hydrogens (primary N) is 1. The zero-order valence-corrected chi connectivity index (χ0v) is 8.69. The number of carbonyl (C=O) groups excluding carboxylic acids is 1. The molecule has 0 saturated carbocycles. The summed E-state index contributed by atoms with van der Waals surface area (Å²) in [6, 6.07) is 0. The number of carbonyl (C=O) groups is 1. The van der Waals surface area contributed by atoms with Gasteiger partial charge in [0, 0.05) is 11.6 Å². The van der Waals surface area contributed by atoms with E-state index >= 15 is 0 Å². The van der Waals surface area contributed by atoms with Crippen LogP contribution in [-0.4, -0.2) is 27.8 Å². The monoisotopic (exact) mass is 224 g/mol. The topological polar surface area (TPSA) is 83.0 Å². The molecular weight excluding hydrogens is 216 g/mol. The van der Waals surface area contributed by atoms with Gasteiger partial charge in [0.15, 0.2) is 5.69 Å². The molecule has 0 amide bonds. The summed E-state index contributed by atoms with van der Waals surface area (Å²) in [7, 11) is 1.28. The lowest BCUT2D eigenvalue weighted by Gasteiger charge is -1.94. The quantitative estimate of drug-likeness (QED) is 0.759. The molecule has 0 unspecified atom stereocenters. The minimum Gasteiger partial charge on any atom is -0.464 e. The highest BCUT2D eigenvalue weighted by atomic mass is 32.1. The van der Waals surface area contributed by atoms with Gasteiger partial charge in [0.25, 0.3) is 0 Å². The van der Waals surface area contributed by atoms with E-state index in [0.29, 0.717) is 5.13 Å². The highest BCUT2D eigenvalue weighted by Crippen LogP contribution is 2.16. The molecule has 0 atom stereocenters. The van der Waals surface area contributed by atoms with Crippen LogP contribution in [0, 0.1) is 0 Å². The second-order valence-electron chi connectivity index (χ2n) is 2.68. The van der Waals surface area contributed by atoms with Gasteiger partial charge >= 0.3 is 5.97 Å². The number of aromatic nitrogens is 3. The predicted molar refractivity (Wildman–Crippen MR) is 55.0 cm³/mol. The highest BCUT2D eigenvalue weighted by Gasteiger charge is 2.16. The third-order valence-electron chi connectivity index (χ3n) is 1.74. The summed E-state index contributed by atoms with van der Waals surface area (Å²) in [5.74, 6) is -0.553. The molecule has 0 aromatic carbocycles. The molecule has 2 N–H and O–H groups in total. The second-order valence-corrected chi connectivity index (χ2v) is 3.56. The van der Waals surface area contributed by atoms with E-state index in [1.807, 2.05) is 5.38 Å². The molecule has 0 saturated heterocycles. The van der Waals surface area contributed by atoms with Crippen LogP contribution < -0.4 is 5.73 Å². The Bertz CT molecular complexity index is 477. The first-order valence-corrected chi connectivity index (χ1v) is 4.93. The summed E-state index contributed by atoms with van der Waals surface area (Å²) in [5, 5.41) is 6.45. The Morgan fingerprint density at radius 3 is 3.07 bits per heavy atom. The average Bonchev–Trinajstić information content (AvgIpc) is 2.84. The fraction of sp³-hybridized carbons (Fsp3) is 0.125. The van der Waals surface area contributed by atoms with Crippen LogP contribution in [0.25, 0.3) is 5.13 Å². The summed E-state index contributed by atoms with van der Waals surface area (Å²) >= 11 is 1.40. The van der Waals surface area contributed by atoms with Gasteiger partial charge < -0.3 is 10.5 Å². The first kappa shape index (κ1) is 9.66. The van der Waals surface area contributed by atoms with Crippen LogP contribution in [-0.2, 0) is 4.74 Å². The number of nitrogens with zero attached hydrogens (tertiary/aromatic N) is 3. The summed E-state index contributed by atoms with van der Waals surface area (Å²) in [6.07, 6.45) is 3.18. The molecule has 0 bridgehead atoms. The SMILES string of the molecule is COC(=O)c1nn(-c2nccs2)cc1N. The molecule has 0 spiro atoms. The van der Waals surface area contributed by atoms with Crippen LogP contribution in [0.3, 0.4) is 0 Å². The van der Waals surface area contributed by atoms with Crippen LogP contribution in [0.2, 0.25) is 0 Å². The van der Waals surface area contributed by atoms with Gasteiger partial charge in [-0.15, -0.1) is 11.3 Å². The van der Waals surface area contributed by atoms with Crippen molar-refractivity contribution in [1.29, 1.82) is 0 Å². The van der Waals surface area contributed by atoms with E-state index in [9.17, 15) is 4.79 Å². The number of thiazole rings is 1. The smallest absolute Gasteiger partial charge is 0.360 e. The van der Waals surface area contributed by atoms with E-state index in [1.165, 1.54) is 29.3 Å². The molecule has 0 aliphatic heterocycles. The Kier molecular flexibility index (Phi) is 2.38. The van der Waals surface area contributed by atoms with E-state index in [0.717, 1.165) is 0 Å². The first-order valence-electron chi connectivity index (χ1n) is 4.05. The average molecular weight is 224 g/mol. The van der Waals surface area contributed by atoms with Crippen molar-refractivity contribution in [3.8, 4) is 5.13 Å². The number of methoxy groups -OCH3 is 1. The van der Waals surface area contributed by atoms with Gasteiger partial charge in [-0.3, -0.25) is 0 Å². The van der Waals surface area contributed by atoms with Gasteiger partial charge in [-0.05, 0) is 0 Å². The van der Waals surface area contributed by atoms with Gasteiger partial charge in [0.1, 0.15) is 0 Å². The zero-order valence-electron chi connectivity index (χ0n) is 7.88. The summed E-state index contributed by atoms with van der Waals surface area (Å²) < 4.78 is 5.99. The maximum Gasteiger partial charge on any atom is 0.360 e. The molecule has 15 heavy (non-hydrogen) atoms. The van der Waals surface area contributed by atoms with Gasteiger partial charge in [-0.25, -0.2) is 14.5 Å². The molecule has 7 heteroatoms. The van der Waals surface area contributed by atoms with Crippen molar-refractivity contribution in [1.82, 2.24) is 14.8 Å². The maximum absolute atomic E-state index is 11.2. The molecule has 0 radical (unpaired) electrons. The van der Waals surface area contributed by atoms with E-state index in [-0.39, 0.29) is 11.4 Å². The molecule has 0 aliphatic rings. The van der Waals surface area contributed by atoms with E-state index in [4.69, 9.17) is 5.73 Å². The number of hydrogen-bond acceptors (Lipinski definition) is 6. The zero-order chi connectivity index (χ0) is 10.8. The largest absolute Gasteiger partial charge is 0.464 e. The van der Waals surface area contributed by atoms with Crippen molar-refractivity contribution in [2.24, 2.45) is 0 Å². The predicted octanol–water partition coefficient (Wildman–Crippen LogP) is 0.698.